The number of amides is 1. The van der Waals surface area contributed by atoms with Crippen LogP contribution in [-0.2, 0) is 0 Å². The van der Waals surface area contributed by atoms with Gasteiger partial charge in [0.2, 0.25) is 0 Å². The quantitative estimate of drug-likeness (QED) is 0.761. The van der Waals surface area contributed by atoms with Crippen LogP contribution in [0.25, 0.3) is 11.3 Å². The molecule has 1 amide bonds. The average Bonchev–Trinajstić information content (AvgIpc) is 2.51. The average molecular weight is 317 g/mol. The number of carbonyl (C=O) groups excluding carboxylic acids is 1. The molecule has 0 aliphatic rings. The first-order valence-corrected chi connectivity index (χ1v) is 7.05. The second-order valence-electron chi connectivity index (χ2n) is 5.71. The second-order valence-corrected chi connectivity index (χ2v) is 5.71. The smallest absolute Gasteiger partial charge is 0.346 e. The molecule has 2 aromatic rings. The fourth-order valence-electron chi connectivity index (χ4n) is 1.88. The highest BCUT2D eigenvalue weighted by Gasteiger charge is 2.16. The van der Waals surface area contributed by atoms with Gasteiger partial charge in [-0.05, 0) is 44.2 Å². The third-order valence-electron chi connectivity index (χ3n) is 3.06. The molecule has 1 aromatic carbocycles. The summed E-state index contributed by atoms with van der Waals surface area (Å²) in [5.74, 6) is 0.197. The number of H-pyrrole nitrogens is 1. The minimum absolute atomic E-state index is 0.0635. The molecule has 0 bridgehead atoms. The summed E-state index contributed by atoms with van der Waals surface area (Å²) in [6.45, 7) is 3.21. The van der Waals surface area contributed by atoms with Crippen molar-refractivity contribution in [3.8, 4) is 17.0 Å². The lowest BCUT2D eigenvalue weighted by molar-refractivity contribution is 0.0691. The molecule has 1 aromatic heterocycles. The second kappa shape index (κ2) is 6.62. The molecule has 0 fully saturated rings. The Morgan fingerprint density at radius 1 is 1.35 bits per heavy atom. The molecule has 0 saturated heterocycles. The fourth-order valence-corrected chi connectivity index (χ4v) is 1.88. The maximum atomic E-state index is 12.1. The Kier molecular flexibility index (Phi) is 4.80. The van der Waals surface area contributed by atoms with Crippen LogP contribution in [0.15, 0.2) is 35.1 Å². The number of rotatable bonds is 5. The molecule has 0 saturated carbocycles. The molecule has 2 rings (SSSR count). The highest BCUT2D eigenvalue weighted by Crippen LogP contribution is 2.20. The molecule has 7 nitrogen and oxygen atoms in total. The zero-order chi connectivity index (χ0) is 17.0. The van der Waals surface area contributed by atoms with Crippen molar-refractivity contribution in [3.63, 3.8) is 0 Å². The van der Waals surface area contributed by atoms with Crippen molar-refractivity contribution < 1.29 is 14.6 Å². The predicted molar refractivity (Wildman–Crippen MR) is 85.5 cm³/mol. The van der Waals surface area contributed by atoms with Crippen LogP contribution in [0.3, 0.4) is 0 Å². The summed E-state index contributed by atoms with van der Waals surface area (Å²) in [6, 6.07) is 8.47. The van der Waals surface area contributed by atoms with Crippen molar-refractivity contribution >= 4 is 5.91 Å². The van der Waals surface area contributed by atoms with E-state index in [1.54, 1.807) is 45.2 Å². The van der Waals surface area contributed by atoms with Gasteiger partial charge in [0.25, 0.3) is 5.91 Å². The fraction of sp³-hybridized carbons (Fsp3) is 0.312. The first-order valence-electron chi connectivity index (χ1n) is 7.05. The van der Waals surface area contributed by atoms with Crippen LogP contribution in [0.4, 0.5) is 0 Å². The van der Waals surface area contributed by atoms with Gasteiger partial charge in [0.05, 0.1) is 18.4 Å². The predicted octanol–water partition coefficient (Wildman–Crippen LogP) is 0.946. The maximum absolute atomic E-state index is 12.1. The summed E-state index contributed by atoms with van der Waals surface area (Å²) in [5.41, 5.74) is -0.507. The highest BCUT2D eigenvalue weighted by atomic mass is 16.5. The number of aliphatic hydroxyl groups is 1. The number of hydrogen-bond donors (Lipinski definition) is 3. The summed E-state index contributed by atoms with van der Waals surface area (Å²) in [5, 5.41) is 12.2. The third kappa shape index (κ3) is 4.65. The van der Waals surface area contributed by atoms with Gasteiger partial charge in [-0.2, -0.15) is 4.98 Å². The van der Waals surface area contributed by atoms with Crippen molar-refractivity contribution in [2.75, 3.05) is 13.7 Å². The Morgan fingerprint density at radius 2 is 2.00 bits per heavy atom. The van der Waals surface area contributed by atoms with E-state index in [2.05, 4.69) is 15.3 Å². The van der Waals surface area contributed by atoms with Gasteiger partial charge in [-0.1, -0.05) is 0 Å². The van der Waals surface area contributed by atoms with E-state index in [1.165, 1.54) is 6.07 Å². The van der Waals surface area contributed by atoms with Crippen molar-refractivity contribution in [2.24, 2.45) is 0 Å². The SMILES string of the molecule is COc1ccc(-c2cc(C(=O)NCC(C)(C)O)[nH]c(=O)n2)cc1. The van der Waals surface area contributed by atoms with E-state index in [1.807, 2.05) is 0 Å². The normalized spacial score (nSPS) is 11.1. The van der Waals surface area contributed by atoms with Gasteiger partial charge in [-0.15, -0.1) is 0 Å². The molecule has 122 valence electrons. The number of nitrogens with one attached hydrogen (secondary N) is 2. The molecule has 23 heavy (non-hydrogen) atoms. The summed E-state index contributed by atoms with van der Waals surface area (Å²) < 4.78 is 5.08. The molecule has 7 heteroatoms. The number of hydrogen-bond acceptors (Lipinski definition) is 5. The van der Waals surface area contributed by atoms with E-state index in [4.69, 9.17) is 4.74 Å². The Balaban J connectivity index is 2.27. The summed E-state index contributed by atoms with van der Waals surface area (Å²) in [4.78, 5) is 30.0. The molecule has 0 atom stereocenters. The van der Waals surface area contributed by atoms with Gasteiger partial charge in [0, 0.05) is 12.1 Å². The number of carbonyl (C=O) groups is 1. The standard InChI is InChI=1S/C16H19N3O4/c1-16(2,22)9-17-14(20)13-8-12(18-15(21)19-13)10-4-6-11(23-3)7-5-10/h4-8,22H,9H2,1-3H3,(H,17,20)(H,18,19,21). The summed E-state index contributed by atoms with van der Waals surface area (Å²) in [6.07, 6.45) is 0. The zero-order valence-corrected chi connectivity index (χ0v) is 13.2. The minimum atomic E-state index is -1.04. The van der Waals surface area contributed by atoms with Crippen LogP contribution in [0.5, 0.6) is 5.75 Å². The topological polar surface area (TPSA) is 104 Å². The van der Waals surface area contributed by atoms with Crippen LogP contribution < -0.4 is 15.7 Å². The van der Waals surface area contributed by atoms with Gasteiger partial charge < -0.3 is 20.1 Å². The van der Waals surface area contributed by atoms with Gasteiger partial charge in [-0.25, -0.2) is 4.79 Å². The Morgan fingerprint density at radius 3 is 2.57 bits per heavy atom. The van der Waals surface area contributed by atoms with Crippen LogP contribution in [0.2, 0.25) is 0 Å². The Labute approximate surface area is 133 Å². The first-order chi connectivity index (χ1) is 10.8. The van der Waals surface area contributed by atoms with Gasteiger partial charge in [-0.3, -0.25) is 4.79 Å². The van der Waals surface area contributed by atoms with Crippen molar-refractivity contribution in [1.82, 2.24) is 15.3 Å². The Bertz CT molecular complexity index is 745. The lowest BCUT2D eigenvalue weighted by Gasteiger charge is -2.17. The number of ether oxygens (including phenoxy) is 1. The van der Waals surface area contributed by atoms with Crippen LogP contribution in [0.1, 0.15) is 24.3 Å². The molecule has 1 heterocycles. The molecule has 0 spiro atoms. The highest BCUT2D eigenvalue weighted by molar-refractivity contribution is 5.93. The summed E-state index contributed by atoms with van der Waals surface area (Å²) >= 11 is 0. The van der Waals surface area contributed by atoms with E-state index in [0.29, 0.717) is 17.0 Å². The lowest BCUT2D eigenvalue weighted by atomic mass is 10.1. The number of aromatic amines is 1. The molecule has 0 aliphatic carbocycles. The van der Waals surface area contributed by atoms with E-state index < -0.39 is 17.2 Å². The summed E-state index contributed by atoms with van der Waals surface area (Å²) in [7, 11) is 1.56. The first kappa shape index (κ1) is 16.7. The number of methoxy groups -OCH3 is 1. The van der Waals surface area contributed by atoms with Crippen LogP contribution in [-0.4, -0.2) is 40.2 Å². The van der Waals surface area contributed by atoms with Crippen LogP contribution in [0, 0.1) is 0 Å². The van der Waals surface area contributed by atoms with E-state index >= 15 is 0 Å². The third-order valence-corrected chi connectivity index (χ3v) is 3.06. The number of aromatic nitrogens is 2. The molecular weight excluding hydrogens is 298 g/mol. The lowest BCUT2D eigenvalue weighted by Crippen LogP contribution is -2.39. The van der Waals surface area contributed by atoms with Crippen molar-refractivity contribution in [2.45, 2.75) is 19.4 Å². The van der Waals surface area contributed by atoms with Crippen molar-refractivity contribution in [3.05, 3.63) is 46.5 Å². The number of nitrogens with zero attached hydrogens (tertiary/aromatic N) is 1. The minimum Gasteiger partial charge on any atom is -0.497 e. The van der Waals surface area contributed by atoms with E-state index in [9.17, 15) is 14.7 Å². The molecule has 0 radical (unpaired) electrons. The molecular formula is C16H19N3O4. The number of benzene rings is 1. The van der Waals surface area contributed by atoms with Crippen molar-refractivity contribution in [1.29, 1.82) is 0 Å². The molecule has 3 N–H and O–H groups in total. The molecule has 0 aliphatic heterocycles. The zero-order valence-electron chi connectivity index (χ0n) is 13.2. The van der Waals surface area contributed by atoms with E-state index in [0.717, 1.165) is 0 Å². The van der Waals surface area contributed by atoms with Gasteiger partial charge in [0.15, 0.2) is 0 Å². The van der Waals surface area contributed by atoms with Gasteiger partial charge >= 0.3 is 5.69 Å². The largest absolute Gasteiger partial charge is 0.497 e. The van der Waals surface area contributed by atoms with Gasteiger partial charge in [0.1, 0.15) is 11.4 Å². The molecule has 0 unspecified atom stereocenters. The monoisotopic (exact) mass is 317 g/mol. The van der Waals surface area contributed by atoms with E-state index in [-0.39, 0.29) is 12.2 Å². The maximum Gasteiger partial charge on any atom is 0.346 e. The van der Waals surface area contributed by atoms with Crippen LogP contribution >= 0.6 is 0 Å². The Hall–Kier alpha value is -2.67.